The van der Waals surface area contributed by atoms with Gasteiger partial charge in [0.05, 0.1) is 20.3 Å². The molecular weight excluding hydrogens is 256 g/mol. The molecule has 20 heavy (non-hydrogen) atoms. The molecule has 4 nitrogen and oxygen atoms in total. The highest BCUT2D eigenvalue weighted by molar-refractivity contribution is 5.79. The second-order valence-corrected chi connectivity index (χ2v) is 4.87. The third kappa shape index (κ3) is 5.21. The Hall–Kier alpha value is -1.55. The third-order valence-corrected chi connectivity index (χ3v) is 3.23. The fraction of sp³-hybridized carbons (Fsp3) is 0.562. The van der Waals surface area contributed by atoms with Gasteiger partial charge in [-0.25, -0.2) is 0 Å². The summed E-state index contributed by atoms with van der Waals surface area (Å²) >= 11 is 0. The Bertz CT molecular complexity index is 428. The van der Waals surface area contributed by atoms with Crippen LogP contribution in [0, 0.1) is 0 Å². The Morgan fingerprint density at radius 2 is 1.95 bits per heavy atom. The summed E-state index contributed by atoms with van der Waals surface area (Å²) in [6.45, 7) is 2.00. The molecule has 1 aromatic carbocycles. The maximum absolute atomic E-state index is 11.8. The van der Waals surface area contributed by atoms with Gasteiger partial charge in [0.15, 0.2) is 11.5 Å². The molecule has 1 aromatic rings. The molecule has 0 bridgehead atoms. The van der Waals surface area contributed by atoms with E-state index in [0.29, 0.717) is 30.8 Å². The molecule has 0 aliphatic heterocycles. The van der Waals surface area contributed by atoms with Crippen LogP contribution in [0.15, 0.2) is 18.2 Å². The Morgan fingerprint density at radius 3 is 2.55 bits per heavy atom. The van der Waals surface area contributed by atoms with E-state index >= 15 is 0 Å². The lowest BCUT2D eigenvalue weighted by molar-refractivity contribution is -0.121. The summed E-state index contributed by atoms with van der Waals surface area (Å²) in [6.07, 6.45) is 2.42. The van der Waals surface area contributed by atoms with Gasteiger partial charge in [-0.3, -0.25) is 4.79 Å². The average Bonchev–Trinajstić information content (AvgIpc) is 2.44. The van der Waals surface area contributed by atoms with Crippen molar-refractivity contribution in [1.82, 2.24) is 0 Å². The number of carbonyl (C=O) groups excluding carboxylic acids is 1. The van der Waals surface area contributed by atoms with Crippen molar-refractivity contribution in [3.63, 3.8) is 0 Å². The number of ketones is 1. The number of aryl methyl sites for hydroxylation is 1. The predicted octanol–water partition coefficient (Wildman–Crippen LogP) is 2.76. The first kappa shape index (κ1) is 16.5. The Kier molecular flexibility index (Phi) is 7.09. The summed E-state index contributed by atoms with van der Waals surface area (Å²) in [5.41, 5.74) is 1.03. The number of hydrogen-bond donors (Lipinski definition) is 1. The van der Waals surface area contributed by atoms with E-state index in [1.807, 2.05) is 25.1 Å². The van der Waals surface area contributed by atoms with E-state index in [4.69, 9.17) is 9.47 Å². The fourth-order valence-corrected chi connectivity index (χ4v) is 2.12. The summed E-state index contributed by atoms with van der Waals surface area (Å²) in [5, 5.41) is 9.61. The first-order chi connectivity index (χ1) is 9.60. The summed E-state index contributed by atoms with van der Waals surface area (Å²) in [6, 6.07) is 5.65. The fourth-order valence-electron chi connectivity index (χ4n) is 2.12. The maximum atomic E-state index is 11.8. The normalized spacial score (nSPS) is 12.0. The molecule has 0 aliphatic rings. The van der Waals surface area contributed by atoms with Gasteiger partial charge in [0, 0.05) is 12.8 Å². The Labute approximate surface area is 120 Å². The van der Waals surface area contributed by atoms with Crippen molar-refractivity contribution >= 4 is 5.78 Å². The minimum Gasteiger partial charge on any atom is -0.493 e. The van der Waals surface area contributed by atoms with Gasteiger partial charge in [-0.1, -0.05) is 19.4 Å². The standard InChI is InChI=1S/C16H24O4/c1-4-5-13(17)11-14(18)8-6-12-7-9-15(19-2)16(10-12)20-3/h7,9-10,13,17H,4-6,8,11H2,1-3H3/t13-/m1/s1. The second-order valence-electron chi connectivity index (χ2n) is 4.87. The zero-order chi connectivity index (χ0) is 15.0. The molecule has 1 N–H and O–H groups in total. The molecule has 0 radical (unpaired) electrons. The van der Waals surface area contributed by atoms with Crippen molar-refractivity contribution in [3.8, 4) is 11.5 Å². The van der Waals surface area contributed by atoms with Crippen LogP contribution < -0.4 is 9.47 Å². The highest BCUT2D eigenvalue weighted by Crippen LogP contribution is 2.28. The van der Waals surface area contributed by atoms with Crippen molar-refractivity contribution in [3.05, 3.63) is 23.8 Å². The molecule has 0 spiro atoms. The van der Waals surface area contributed by atoms with Crippen molar-refractivity contribution in [1.29, 1.82) is 0 Å². The molecular formula is C16H24O4. The van der Waals surface area contributed by atoms with Crippen LogP contribution in [-0.2, 0) is 11.2 Å². The van der Waals surface area contributed by atoms with E-state index in [0.717, 1.165) is 12.0 Å². The van der Waals surface area contributed by atoms with Crippen LogP contribution in [-0.4, -0.2) is 31.2 Å². The molecule has 0 fully saturated rings. The molecule has 112 valence electrons. The minimum absolute atomic E-state index is 0.0979. The molecule has 1 atom stereocenters. The monoisotopic (exact) mass is 280 g/mol. The van der Waals surface area contributed by atoms with Crippen LogP contribution in [0.4, 0.5) is 0 Å². The Morgan fingerprint density at radius 1 is 1.25 bits per heavy atom. The first-order valence-electron chi connectivity index (χ1n) is 7.01. The summed E-state index contributed by atoms with van der Waals surface area (Å²) < 4.78 is 10.4. The zero-order valence-corrected chi connectivity index (χ0v) is 12.5. The molecule has 0 heterocycles. The van der Waals surface area contributed by atoms with E-state index in [1.54, 1.807) is 14.2 Å². The molecule has 0 saturated heterocycles. The van der Waals surface area contributed by atoms with E-state index in [9.17, 15) is 9.90 Å². The maximum Gasteiger partial charge on any atom is 0.160 e. The highest BCUT2D eigenvalue weighted by Gasteiger charge is 2.11. The molecule has 0 unspecified atom stereocenters. The van der Waals surface area contributed by atoms with Gasteiger partial charge < -0.3 is 14.6 Å². The lowest BCUT2D eigenvalue weighted by atomic mass is 10.0. The van der Waals surface area contributed by atoms with E-state index in [2.05, 4.69) is 0 Å². The van der Waals surface area contributed by atoms with Crippen molar-refractivity contribution < 1.29 is 19.4 Å². The van der Waals surface area contributed by atoms with E-state index in [1.165, 1.54) is 0 Å². The first-order valence-corrected chi connectivity index (χ1v) is 7.01. The zero-order valence-electron chi connectivity index (χ0n) is 12.5. The molecule has 1 rings (SSSR count). The van der Waals surface area contributed by atoms with Crippen molar-refractivity contribution in [2.75, 3.05) is 14.2 Å². The topological polar surface area (TPSA) is 55.8 Å². The number of aliphatic hydroxyl groups is 1. The van der Waals surface area contributed by atoms with Crippen molar-refractivity contribution in [2.45, 2.75) is 45.1 Å². The van der Waals surface area contributed by atoms with Crippen LogP contribution in [0.3, 0.4) is 0 Å². The largest absolute Gasteiger partial charge is 0.493 e. The van der Waals surface area contributed by atoms with Gasteiger partial charge in [-0.05, 0) is 30.5 Å². The smallest absolute Gasteiger partial charge is 0.160 e. The number of carbonyl (C=O) groups is 1. The van der Waals surface area contributed by atoms with Gasteiger partial charge in [0.25, 0.3) is 0 Å². The van der Waals surface area contributed by atoms with Crippen LogP contribution in [0.25, 0.3) is 0 Å². The van der Waals surface area contributed by atoms with Gasteiger partial charge in [-0.15, -0.1) is 0 Å². The molecule has 0 amide bonds. The number of aliphatic hydroxyl groups excluding tert-OH is 1. The summed E-state index contributed by atoms with van der Waals surface area (Å²) in [7, 11) is 3.18. The van der Waals surface area contributed by atoms with Crippen LogP contribution in [0.2, 0.25) is 0 Å². The number of Topliss-reactive ketones (excluding diaryl/α,β-unsaturated/α-hetero) is 1. The Balaban J connectivity index is 2.51. The lowest BCUT2D eigenvalue weighted by Crippen LogP contribution is -2.13. The molecule has 0 aliphatic carbocycles. The van der Waals surface area contributed by atoms with Crippen LogP contribution in [0.5, 0.6) is 11.5 Å². The van der Waals surface area contributed by atoms with Crippen LogP contribution >= 0.6 is 0 Å². The predicted molar refractivity (Wildman–Crippen MR) is 78.4 cm³/mol. The number of rotatable bonds is 9. The molecule has 0 aromatic heterocycles. The number of hydrogen-bond acceptors (Lipinski definition) is 4. The number of benzene rings is 1. The van der Waals surface area contributed by atoms with E-state index < -0.39 is 6.10 Å². The summed E-state index contributed by atoms with van der Waals surface area (Å²) in [5.74, 6) is 1.45. The number of ether oxygens (including phenoxy) is 2. The lowest BCUT2D eigenvalue weighted by Gasteiger charge is -2.10. The second kappa shape index (κ2) is 8.59. The van der Waals surface area contributed by atoms with Gasteiger partial charge in [0.2, 0.25) is 0 Å². The van der Waals surface area contributed by atoms with Gasteiger partial charge in [0.1, 0.15) is 5.78 Å². The number of methoxy groups -OCH3 is 2. The summed E-state index contributed by atoms with van der Waals surface area (Å²) in [4.78, 5) is 11.8. The average molecular weight is 280 g/mol. The van der Waals surface area contributed by atoms with Gasteiger partial charge in [-0.2, -0.15) is 0 Å². The molecule has 4 heteroatoms. The molecule has 0 saturated carbocycles. The third-order valence-electron chi connectivity index (χ3n) is 3.23. The van der Waals surface area contributed by atoms with Crippen molar-refractivity contribution in [2.24, 2.45) is 0 Å². The quantitative estimate of drug-likeness (QED) is 0.755. The van der Waals surface area contributed by atoms with Crippen LogP contribution in [0.1, 0.15) is 38.2 Å². The minimum atomic E-state index is -0.502. The highest BCUT2D eigenvalue weighted by atomic mass is 16.5. The van der Waals surface area contributed by atoms with E-state index in [-0.39, 0.29) is 12.2 Å². The van der Waals surface area contributed by atoms with Gasteiger partial charge >= 0.3 is 0 Å². The SMILES string of the molecule is CCC[C@@H](O)CC(=O)CCc1ccc(OC)c(OC)c1.